The topological polar surface area (TPSA) is 66.4 Å². The number of rotatable bonds is 6. The van der Waals surface area contributed by atoms with Crippen LogP contribution in [0.2, 0.25) is 0 Å². The standard InChI is InChI=1S/C16H25NO3S/c1-14(15-8-4-2-5-9-15)12-21(19,20)17-16(13-18)10-6-3-7-11-16/h2,4-5,8-9,14,17-18H,3,6-7,10-13H2,1H3. The summed E-state index contributed by atoms with van der Waals surface area (Å²) in [4.78, 5) is 0. The van der Waals surface area contributed by atoms with E-state index in [1.54, 1.807) is 0 Å². The first kappa shape index (κ1) is 16.5. The van der Waals surface area contributed by atoms with Crippen LogP contribution in [0.4, 0.5) is 0 Å². The summed E-state index contributed by atoms with van der Waals surface area (Å²) in [6, 6.07) is 9.65. The van der Waals surface area contributed by atoms with Crippen LogP contribution in [0.1, 0.15) is 50.5 Å². The lowest BCUT2D eigenvalue weighted by Crippen LogP contribution is -2.53. The zero-order valence-electron chi connectivity index (χ0n) is 12.6. The first-order valence-corrected chi connectivity index (χ1v) is 9.29. The van der Waals surface area contributed by atoms with Crippen LogP contribution in [0, 0.1) is 0 Å². The lowest BCUT2D eigenvalue weighted by Gasteiger charge is -2.36. The van der Waals surface area contributed by atoms with Gasteiger partial charge in [0.2, 0.25) is 10.0 Å². The summed E-state index contributed by atoms with van der Waals surface area (Å²) in [5, 5.41) is 9.63. The monoisotopic (exact) mass is 311 g/mol. The Kier molecular flexibility index (Phi) is 5.41. The van der Waals surface area contributed by atoms with Crippen molar-refractivity contribution in [2.45, 2.75) is 50.5 Å². The fraction of sp³-hybridized carbons (Fsp3) is 0.625. The predicted octanol–water partition coefficient (Wildman–Crippen LogP) is 2.40. The Morgan fingerprint density at radius 3 is 2.38 bits per heavy atom. The van der Waals surface area contributed by atoms with Crippen molar-refractivity contribution >= 4 is 10.0 Å². The molecule has 0 radical (unpaired) electrons. The van der Waals surface area contributed by atoms with Gasteiger partial charge in [-0.2, -0.15) is 0 Å². The summed E-state index contributed by atoms with van der Waals surface area (Å²) in [6.45, 7) is 1.80. The number of aliphatic hydroxyl groups is 1. The maximum Gasteiger partial charge on any atom is 0.212 e. The second kappa shape index (κ2) is 6.90. The molecule has 0 heterocycles. The second-order valence-corrected chi connectivity index (χ2v) is 7.96. The maximum atomic E-state index is 12.4. The van der Waals surface area contributed by atoms with E-state index in [0.717, 1.165) is 37.7 Å². The van der Waals surface area contributed by atoms with Crippen molar-refractivity contribution in [3.63, 3.8) is 0 Å². The third-order valence-electron chi connectivity index (χ3n) is 4.32. The normalized spacial score (nSPS) is 20.1. The summed E-state index contributed by atoms with van der Waals surface area (Å²) in [7, 11) is -3.41. The molecule has 0 saturated heterocycles. The van der Waals surface area contributed by atoms with E-state index >= 15 is 0 Å². The first-order valence-electron chi connectivity index (χ1n) is 7.64. The highest BCUT2D eigenvalue weighted by Crippen LogP contribution is 2.29. The summed E-state index contributed by atoms with van der Waals surface area (Å²) >= 11 is 0. The van der Waals surface area contributed by atoms with Gasteiger partial charge in [0.15, 0.2) is 0 Å². The van der Waals surface area contributed by atoms with Gasteiger partial charge in [-0.25, -0.2) is 13.1 Å². The minimum absolute atomic E-state index is 0.0543. The average Bonchev–Trinajstić information content (AvgIpc) is 2.48. The van der Waals surface area contributed by atoms with E-state index in [1.165, 1.54) is 0 Å². The number of aliphatic hydroxyl groups excluding tert-OH is 1. The molecule has 0 aromatic heterocycles. The summed E-state index contributed by atoms with van der Waals surface area (Å²) in [6.07, 6.45) is 4.50. The van der Waals surface area contributed by atoms with E-state index in [4.69, 9.17) is 0 Å². The lowest BCUT2D eigenvalue weighted by molar-refractivity contribution is 0.142. The molecule has 4 nitrogen and oxygen atoms in total. The first-order chi connectivity index (χ1) is 9.96. The van der Waals surface area contributed by atoms with Crippen LogP contribution in [0.25, 0.3) is 0 Å². The Hall–Kier alpha value is -0.910. The minimum atomic E-state index is -3.41. The fourth-order valence-corrected chi connectivity index (χ4v) is 4.96. The maximum absolute atomic E-state index is 12.4. The van der Waals surface area contributed by atoms with Crippen molar-refractivity contribution in [3.8, 4) is 0 Å². The highest BCUT2D eigenvalue weighted by Gasteiger charge is 2.35. The minimum Gasteiger partial charge on any atom is -0.394 e. The van der Waals surface area contributed by atoms with Gasteiger partial charge in [0, 0.05) is 0 Å². The van der Waals surface area contributed by atoms with Crippen LogP contribution >= 0.6 is 0 Å². The fourth-order valence-electron chi connectivity index (χ4n) is 3.10. The molecular weight excluding hydrogens is 286 g/mol. The SMILES string of the molecule is CC(CS(=O)(=O)NC1(CO)CCCCC1)c1ccccc1. The van der Waals surface area contributed by atoms with Gasteiger partial charge in [-0.15, -0.1) is 0 Å². The van der Waals surface area contributed by atoms with Gasteiger partial charge in [-0.1, -0.05) is 56.5 Å². The molecule has 1 aromatic carbocycles. The lowest BCUT2D eigenvalue weighted by atomic mass is 9.83. The van der Waals surface area contributed by atoms with Crippen molar-refractivity contribution < 1.29 is 13.5 Å². The predicted molar refractivity (Wildman–Crippen MR) is 84.7 cm³/mol. The molecule has 1 aromatic rings. The molecule has 118 valence electrons. The van der Waals surface area contributed by atoms with E-state index in [0.29, 0.717) is 0 Å². The van der Waals surface area contributed by atoms with E-state index < -0.39 is 15.6 Å². The molecule has 5 heteroatoms. The van der Waals surface area contributed by atoms with Gasteiger partial charge in [0.1, 0.15) is 0 Å². The summed E-state index contributed by atoms with van der Waals surface area (Å²) < 4.78 is 27.6. The van der Waals surface area contributed by atoms with Gasteiger partial charge in [-0.05, 0) is 24.3 Å². The molecule has 1 aliphatic carbocycles. The molecule has 1 atom stereocenters. The zero-order chi connectivity index (χ0) is 15.3. The average molecular weight is 311 g/mol. The van der Waals surface area contributed by atoms with Gasteiger partial charge in [0.25, 0.3) is 0 Å². The Morgan fingerprint density at radius 1 is 1.19 bits per heavy atom. The molecule has 0 spiro atoms. The van der Waals surface area contributed by atoms with Crippen LogP contribution in [-0.2, 0) is 10.0 Å². The van der Waals surface area contributed by atoms with E-state index in [1.807, 2.05) is 37.3 Å². The van der Waals surface area contributed by atoms with Gasteiger partial charge < -0.3 is 5.11 Å². The molecule has 1 unspecified atom stereocenters. The molecule has 0 bridgehead atoms. The Morgan fingerprint density at radius 2 is 1.81 bits per heavy atom. The van der Waals surface area contributed by atoms with Crippen molar-refractivity contribution in [1.29, 1.82) is 0 Å². The van der Waals surface area contributed by atoms with E-state index in [9.17, 15) is 13.5 Å². The van der Waals surface area contributed by atoms with E-state index in [-0.39, 0.29) is 18.3 Å². The Balaban J connectivity index is 2.04. The van der Waals surface area contributed by atoms with Crippen LogP contribution in [-0.4, -0.2) is 31.4 Å². The molecule has 0 amide bonds. The molecule has 1 fully saturated rings. The molecule has 21 heavy (non-hydrogen) atoms. The summed E-state index contributed by atoms with van der Waals surface area (Å²) in [5.74, 6) is -0.0123. The molecule has 0 aliphatic heterocycles. The zero-order valence-corrected chi connectivity index (χ0v) is 13.4. The number of nitrogens with one attached hydrogen (secondary N) is 1. The highest BCUT2D eigenvalue weighted by molar-refractivity contribution is 7.89. The van der Waals surface area contributed by atoms with Gasteiger partial charge >= 0.3 is 0 Å². The number of sulfonamides is 1. The number of hydrogen-bond donors (Lipinski definition) is 2. The van der Waals surface area contributed by atoms with Crippen molar-refractivity contribution in [2.75, 3.05) is 12.4 Å². The van der Waals surface area contributed by atoms with Crippen molar-refractivity contribution in [2.24, 2.45) is 0 Å². The second-order valence-electron chi connectivity index (χ2n) is 6.19. The quantitative estimate of drug-likeness (QED) is 0.848. The summed E-state index contributed by atoms with van der Waals surface area (Å²) in [5.41, 5.74) is 0.373. The Labute approximate surface area is 127 Å². The smallest absolute Gasteiger partial charge is 0.212 e. The number of benzene rings is 1. The van der Waals surface area contributed by atoms with Gasteiger partial charge in [-0.3, -0.25) is 0 Å². The van der Waals surface area contributed by atoms with Crippen molar-refractivity contribution in [3.05, 3.63) is 35.9 Å². The van der Waals surface area contributed by atoms with Crippen LogP contribution in [0.5, 0.6) is 0 Å². The molecular formula is C16H25NO3S. The van der Waals surface area contributed by atoms with E-state index in [2.05, 4.69) is 4.72 Å². The highest BCUT2D eigenvalue weighted by atomic mass is 32.2. The van der Waals surface area contributed by atoms with Gasteiger partial charge in [0.05, 0.1) is 17.9 Å². The van der Waals surface area contributed by atoms with Crippen molar-refractivity contribution in [1.82, 2.24) is 4.72 Å². The molecule has 2 N–H and O–H groups in total. The number of hydrogen-bond acceptors (Lipinski definition) is 3. The van der Waals surface area contributed by atoms with Crippen LogP contribution in [0.15, 0.2) is 30.3 Å². The Bertz CT molecular complexity index is 536. The third-order valence-corrected chi connectivity index (χ3v) is 6.01. The molecule has 1 aliphatic rings. The molecule has 2 rings (SSSR count). The molecule has 1 saturated carbocycles. The van der Waals surface area contributed by atoms with Crippen LogP contribution < -0.4 is 4.72 Å². The third kappa shape index (κ3) is 4.53. The largest absolute Gasteiger partial charge is 0.394 e. The van der Waals surface area contributed by atoms with Crippen LogP contribution in [0.3, 0.4) is 0 Å².